The number of carbonyl (C=O) groups is 1. The third-order valence-corrected chi connectivity index (χ3v) is 4.47. The van der Waals surface area contributed by atoms with Gasteiger partial charge in [0.2, 0.25) is 0 Å². The summed E-state index contributed by atoms with van der Waals surface area (Å²) in [6.45, 7) is 4.92. The Bertz CT molecular complexity index is 457. The third kappa shape index (κ3) is 3.45. The number of nitrogens with one attached hydrogen (secondary N) is 1. The highest BCUT2D eigenvalue weighted by atomic mass is 32.1. The van der Waals surface area contributed by atoms with Crippen LogP contribution >= 0.6 is 11.3 Å². The molecule has 1 aromatic heterocycles. The maximum Gasteiger partial charge on any atom is 0.357 e. The van der Waals surface area contributed by atoms with Crippen LogP contribution in [0.2, 0.25) is 0 Å². The number of aryl methyl sites for hydroxylation is 1. The van der Waals surface area contributed by atoms with E-state index in [0.29, 0.717) is 11.7 Å². The standard InChI is InChI=1S/C13H21N3O2S/c1-8(16(3)10-5-6-10)7-14-13-15-11(9(2)19-13)12(17)18-4/h8,10H,5-7H2,1-4H3,(H,14,15). The van der Waals surface area contributed by atoms with Gasteiger partial charge in [-0.05, 0) is 33.7 Å². The summed E-state index contributed by atoms with van der Waals surface area (Å²) in [6.07, 6.45) is 2.62. The van der Waals surface area contributed by atoms with E-state index in [9.17, 15) is 4.79 Å². The number of methoxy groups -OCH3 is 1. The quantitative estimate of drug-likeness (QED) is 0.811. The van der Waals surface area contributed by atoms with Gasteiger partial charge < -0.3 is 10.1 Å². The number of ether oxygens (including phenoxy) is 1. The summed E-state index contributed by atoms with van der Waals surface area (Å²) in [5.41, 5.74) is 0.415. The first-order chi connectivity index (χ1) is 9.02. The highest BCUT2D eigenvalue weighted by Gasteiger charge is 2.29. The Morgan fingerprint density at radius 2 is 2.32 bits per heavy atom. The van der Waals surface area contributed by atoms with Crippen molar-refractivity contribution in [3.05, 3.63) is 10.6 Å². The lowest BCUT2D eigenvalue weighted by Gasteiger charge is -2.24. The fraction of sp³-hybridized carbons (Fsp3) is 0.692. The van der Waals surface area contributed by atoms with Crippen molar-refractivity contribution in [3.63, 3.8) is 0 Å². The highest BCUT2D eigenvalue weighted by Crippen LogP contribution is 2.27. The topological polar surface area (TPSA) is 54.5 Å². The first kappa shape index (κ1) is 14.3. The molecule has 0 aromatic carbocycles. The minimum absolute atomic E-state index is 0.370. The van der Waals surface area contributed by atoms with Crippen LogP contribution in [0.3, 0.4) is 0 Å². The Kier molecular flexibility index (Phi) is 4.42. The van der Waals surface area contributed by atoms with E-state index in [1.807, 2.05) is 6.92 Å². The molecule has 1 atom stereocenters. The molecule has 0 saturated heterocycles. The molecule has 1 heterocycles. The number of hydrogen-bond donors (Lipinski definition) is 1. The van der Waals surface area contributed by atoms with Gasteiger partial charge in [0.05, 0.1) is 7.11 Å². The van der Waals surface area contributed by atoms with Gasteiger partial charge in [0.1, 0.15) is 0 Å². The van der Waals surface area contributed by atoms with E-state index in [-0.39, 0.29) is 5.97 Å². The first-order valence-corrected chi connectivity index (χ1v) is 7.36. The average Bonchev–Trinajstić information content (AvgIpc) is 3.18. The molecule has 0 amide bonds. The van der Waals surface area contributed by atoms with Gasteiger partial charge in [-0.3, -0.25) is 4.90 Å². The number of hydrogen-bond acceptors (Lipinski definition) is 6. The van der Waals surface area contributed by atoms with E-state index in [4.69, 9.17) is 4.74 Å². The average molecular weight is 283 g/mol. The van der Waals surface area contributed by atoms with Crippen LogP contribution in [0, 0.1) is 6.92 Å². The number of esters is 1. The van der Waals surface area contributed by atoms with E-state index in [2.05, 4.69) is 29.2 Å². The lowest BCUT2D eigenvalue weighted by molar-refractivity contribution is 0.0594. The molecule has 1 fully saturated rings. The fourth-order valence-electron chi connectivity index (χ4n) is 1.98. The Morgan fingerprint density at radius 3 is 2.89 bits per heavy atom. The van der Waals surface area contributed by atoms with Gasteiger partial charge >= 0.3 is 5.97 Å². The summed E-state index contributed by atoms with van der Waals surface area (Å²) in [5.74, 6) is -0.370. The number of anilines is 1. The van der Waals surface area contributed by atoms with Gasteiger partial charge in [-0.25, -0.2) is 9.78 Å². The lowest BCUT2D eigenvalue weighted by atomic mass is 10.3. The molecular formula is C13H21N3O2S. The van der Waals surface area contributed by atoms with Gasteiger partial charge in [-0.2, -0.15) is 0 Å². The minimum atomic E-state index is -0.370. The summed E-state index contributed by atoms with van der Waals surface area (Å²) in [5, 5.41) is 4.09. The maximum atomic E-state index is 11.5. The Hall–Kier alpha value is -1.14. The molecule has 1 aliphatic rings. The second-order valence-corrected chi connectivity index (χ2v) is 6.25. The lowest BCUT2D eigenvalue weighted by Crippen LogP contribution is -2.36. The smallest absolute Gasteiger partial charge is 0.357 e. The molecule has 1 aliphatic carbocycles. The normalized spacial score (nSPS) is 16.5. The SMILES string of the molecule is COC(=O)c1nc(NCC(C)N(C)C2CC2)sc1C. The molecule has 1 aromatic rings. The fourth-order valence-corrected chi connectivity index (χ4v) is 2.79. The molecule has 1 saturated carbocycles. The zero-order chi connectivity index (χ0) is 14.0. The molecule has 106 valence electrons. The van der Waals surface area contributed by atoms with Gasteiger partial charge in [0.25, 0.3) is 0 Å². The molecule has 1 N–H and O–H groups in total. The van der Waals surface area contributed by atoms with Crippen molar-refractivity contribution in [2.45, 2.75) is 38.8 Å². The predicted molar refractivity (Wildman–Crippen MR) is 76.9 cm³/mol. The van der Waals surface area contributed by atoms with Crippen LogP contribution in [0.4, 0.5) is 5.13 Å². The summed E-state index contributed by atoms with van der Waals surface area (Å²) in [6, 6.07) is 1.21. The molecule has 0 aliphatic heterocycles. The minimum Gasteiger partial charge on any atom is -0.464 e. The van der Waals surface area contributed by atoms with Crippen LogP contribution < -0.4 is 5.32 Å². The van der Waals surface area contributed by atoms with Crippen molar-refractivity contribution < 1.29 is 9.53 Å². The third-order valence-electron chi connectivity index (χ3n) is 3.54. The predicted octanol–water partition coefficient (Wildman–Crippen LogP) is 2.13. The monoisotopic (exact) mass is 283 g/mol. The molecule has 0 radical (unpaired) electrons. The Labute approximate surface area is 118 Å². The maximum absolute atomic E-state index is 11.5. The van der Waals surface area contributed by atoms with E-state index in [1.165, 1.54) is 31.3 Å². The van der Waals surface area contributed by atoms with Gasteiger partial charge in [-0.1, -0.05) is 0 Å². The summed E-state index contributed by atoms with van der Waals surface area (Å²) in [7, 11) is 3.54. The number of carbonyl (C=O) groups excluding carboxylic acids is 1. The van der Waals surface area contributed by atoms with Crippen molar-refractivity contribution >= 4 is 22.4 Å². The van der Waals surface area contributed by atoms with E-state index in [0.717, 1.165) is 22.6 Å². The van der Waals surface area contributed by atoms with Crippen LogP contribution in [-0.4, -0.2) is 48.6 Å². The van der Waals surface area contributed by atoms with E-state index < -0.39 is 0 Å². The molecule has 19 heavy (non-hydrogen) atoms. The van der Waals surface area contributed by atoms with Gasteiger partial charge in [-0.15, -0.1) is 11.3 Å². The molecule has 5 nitrogen and oxygen atoms in total. The van der Waals surface area contributed by atoms with Gasteiger partial charge in [0, 0.05) is 23.5 Å². The molecule has 0 bridgehead atoms. The van der Waals surface area contributed by atoms with Crippen molar-refractivity contribution in [2.75, 3.05) is 26.0 Å². The number of thiazole rings is 1. The number of aromatic nitrogens is 1. The van der Waals surface area contributed by atoms with E-state index >= 15 is 0 Å². The largest absolute Gasteiger partial charge is 0.464 e. The van der Waals surface area contributed by atoms with Crippen molar-refractivity contribution in [1.82, 2.24) is 9.88 Å². The molecule has 6 heteroatoms. The number of likely N-dealkylation sites (N-methyl/N-ethyl adjacent to an activating group) is 1. The molecule has 1 unspecified atom stereocenters. The Balaban J connectivity index is 1.90. The number of nitrogens with zero attached hydrogens (tertiary/aromatic N) is 2. The highest BCUT2D eigenvalue weighted by molar-refractivity contribution is 7.15. The number of rotatable bonds is 6. The molecule has 2 rings (SSSR count). The molecular weight excluding hydrogens is 262 g/mol. The summed E-state index contributed by atoms with van der Waals surface area (Å²) >= 11 is 1.49. The van der Waals surface area contributed by atoms with Crippen LogP contribution in [0.25, 0.3) is 0 Å². The van der Waals surface area contributed by atoms with Crippen molar-refractivity contribution in [1.29, 1.82) is 0 Å². The van der Waals surface area contributed by atoms with Gasteiger partial charge in [0.15, 0.2) is 10.8 Å². The van der Waals surface area contributed by atoms with Crippen LogP contribution in [-0.2, 0) is 4.74 Å². The van der Waals surface area contributed by atoms with Crippen LogP contribution in [0.15, 0.2) is 0 Å². The van der Waals surface area contributed by atoms with E-state index in [1.54, 1.807) is 0 Å². The second kappa shape index (κ2) is 5.88. The first-order valence-electron chi connectivity index (χ1n) is 6.54. The second-order valence-electron chi connectivity index (χ2n) is 5.04. The van der Waals surface area contributed by atoms with Crippen molar-refractivity contribution in [3.8, 4) is 0 Å². The summed E-state index contributed by atoms with van der Waals surface area (Å²) in [4.78, 5) is 19.0. The Morgan fingerprint density at radius 1 is 1.63 bits per heavy atom. The van der Waals surface area contributed by atoms with Crippen LogP contribution in [0.1, 0.15) is 35.1 Å². The van der Waals surface area contributed by atoms with Crippen molar-refractivity contribution in [2.24, 2.45) is 0 Å². The zero-order valence-corrected chi connectivity index (χ0v) is 12.7. The van der Waals surface area contributed by atoms with Crippen LogP contribution in [0.5, 0.6) is 0 Å². The molecule has 0 spiro atoms. The summed E-state index contributed by atoms with van der Waals surface area (Å²) < 4.78 is 4.70. The zero-order valence-electron chi connectivity index (χ0n) is 11.9.